The topological polar surface area (TPSA) is 46.1 Å². The van der Waals surface area contributed by atoms with Crippen LogP contribution in [0.1, 0.15) is 12.0 Å². The molecule has 2 aromatic carbocycles. The first-order valence-electron chi connectivity index (χ1n) is 9.16. The molecule has 1 atom stereocenters. The van der Waals surface area contributed by atoms with Crippen molar-refractivity contribution in [3.05, 3.63) is 59.9 Å². The maximum Gasteiger partial charge on any atom is 0.193 e. The van der Waals surface area contributed by atoms with Crippen LogP contribution in [0.25, 0.3) is 0 Å². The lowest BCUT2D eigenvalue weighted by atomic mass is 10.1. The van der Waals surface area contributed by atoms with Crippen LogP contribution in [0.4, 0.5) is 4.39 Å². The normalized spacial score (nSPS) is 16.6. The maximum atomic E-state index is 13.9. The maximum absolute atomic E-state index is 13.9. The number of hydrogen-bond acceptors (Lipinski definition) is 3. The number of halogens is 2. The monoisotopic (exact) mass is 499 g/mol. The molecule has 7 heteroatoms. The van der Waals surface area contributed by atoms with Crippen molar-refractivity contribution in [1.29, 1.82) is 0 Å². The minimum absolute atomic E-state index is 0. The minimum Gasteiger partial charge on any atom is -0.454 e. The first-order chi connectivity index (χ1) is 13.2. The van der Waals surface area contributed by atoms with Crippen molar-refractivity contribution in [2.45, 2.75) is 13.0 Å². The standard InChI is InChI=1S/C21H26FN3O2.HI/c1-23-21(25-12-11-16(14-25)15-26-2)24-13-17-7-3-5-9-19(17)27-20-10-6-4-8-18(20)22;/h3-10,16H,11-15H2,1-2H3,(H,23,24);1H. The van der Waals surface area contributed by atoms with Gasteiger partial charge in [0.05, 0.1) is 6.61 Å². The van der Waals surface area contributed by atoms with Crippen LogP contribution in [0.3, 0.4) is 0 Å². The Morgan fingerprint density at radius 2 is 1.89 bits per heavy atom. The largest absolute Gasteiger partial charge is 0.454 e. The number of ether oxygens (including phenoxy) is 2. The van der Waals surface area contributed by atoms with Gasteiger partial charge in [0.25, 0.3) is 0 Å². The Hall–Kier alpha value is -1.87. The second-order valence-corrected chi connectivity index (χ2v) is 6.60. The van der Waals surface area contributed by atoms with Gasteiger partial charge in [0.1, 0.15) is 5.75 Å². The number of nitrogens with zero attached hydrogens (tertiary/aromatic N) is 2. The van der Waals surface area contributed by atoms with E-state index in [1.807, 2.05) is 24.3 Å². The van der Waals surface area contributed by atoms with Crippen LogP contribution in [-0.4, -0.2) is 44.7 Å². The molecule has 0 bridgehead atoms. The molecule has 5 nitrogen and oxygen atoms in total. The highest BCUT2D eigenvalue weighted by Crippen LogP contribution is 2.27. The van der Waals surface area contributed by atoms with Crippen LogP contribution in [0.15, 0.2) is 53.5 Å². The summed E-state index contributed by atoms with van der Waals surface area (Å²) in [5, 5.41) is 3.39. The van der Waals surface area contributed by atoms with Gasteiger partial charge in [-0.2, -0.15) is 0 Å². The van der Waals surface area contributed by atoms with Crippen molar-refractivity contribution in [1.82, 2.24) is 10.2 Å². The molecule has 1 aliphatic rings. The number of hydrogen-bond donors (Lipinski definition) is 1. The fourth-order valence-corrected chi connectivity index (χ4v) is 3.30. The number of methoxy groups -OCH3 is 1. The van der Waals surface area contributed by atoms with Crippen molar-refractivity contribution < 1.29 is 13.9 Å². The predicted molar refractivity (Wildman–Crippen MR) is 120 cm³/mol. The highest BCUT2D eigenvalue weighted by atomic mass is 127. The average molecular weight is 499 g/mol. The van der Waals surface area contributed by atoms with Gasteiger partial charge in [-0.25, -0.2) is 4.39 Å². The Labute approximate surface area is 183 Å². The van der Waals surface area contributed by atoms with Crippen molar-refractivity contribution in [2.24, 2.45) is 10.9 Å². The number of benzene rings is 2. The number of para-hydroxylation sites is 2. The molecule has 1 fully saturated rings. The molecular weight excluding hydrogens is 472 g/mol. The molecule has 0 aliphatic carbocycles. The molecular formula is C21H27FIN3O2. The lowest BCUT2D eigenvalue weighted by Gasteiger charge is -2.22. The van der Waals surface area contributed by atoms with Gasteiger partial charge in [-0.1, -0.05) is 30.3 Å². The third kappa shape index (κ3) is 5.81. The Morgan fingerprint density at radius 3 is 2.61 bits per heavy atom. The van der Waals surface area contributed by atoms with Crippen molar-refractivity contribution in [3.8, 4) is 11.5 Å². The quantitative estimate of drug-likeness (QED) is 0.366. The molecule has 1 saturated heterocycles. The Balaban J connectivity index is 0.00000280. The van der Waals surface area contributed by atoms with Gasteiger partial charge in [-0.3, -0.25) is 4.99 Å². The van der Waals surface area contributed by atoms with Gasteiger partial charge in [-0.15, -0.1) is 24.0 Å². The third-order valence-corrected chi connectivity index (χ3v) is 4.67. The van der Waals surface area contributed by atoms with Crippen molar-refractivity contribution >= 4 is 29.9 Å². The first kappa shape index (κ1) is 22.4. The number of aliphatic imine (C=N–C) groups is 1. The SMILES string of the molecule is CN=C(NCc1ccccc1Oc1ccccc1F)N1CCC(COC)C1.I. The molecule has 28 heavy (non-hydrogen) atoms. The molecule has 0 aromatic heterocycles. The smallest absolute Gasteiger partial charge is 0.193 e. The van der Waals surface area contributed by atoms with Crippen LogP contribution >= 0.6 is 24.0 Å². The number of likely N-dealkylation sites (tertiary alicyclic amines) is 1. The summed E-state index contributed by atoms with van der Waals surface area (Å²) in [6.45, 7) is 3.21. The summed E-state index contributed by atoms with van der Waals surface area (Å²) in [6.07, 6.45) is 1.10. The fraction of sp³-hybridized carbons (Fsp3) is 0.381. The summed E-state index contributed by atoms with van der Waals surface area (Å²) >= 11 is 0. The summed E-state index contributed by atoms with van der Waals surface area (Å²) in [7, 11) is 3.52. The van der Waals surface area contributed by atoms with E-state index >= 15 is 0 Å². The second-order valence-electron chi connectivity index (χ2n) is 6.60. The summed E-state index contributed by atoms with van der Waals surface area (Å²) in [6, 6.07) is 14.0. The van der Waals surface area contributed by atoms with E-state index in [9.17, 15) is 4.39 Å². The summed E-state index contributed by atoms with van der Waals surface area (Å²) in [5.41, 5.74) is 0.939. The van der Waals surface area contributed by atoms with Crippen LogP contribution in [0.2, 0.25) is 0 Å². The Morgan fingerprint density at radius 1 is 1.18 bits per heavy atom. The molecule has 152 valence electrons. The third-order valence-electron chi connectivity index (χ3n) is 4.67. The molecule has 1 unspecified atom stereocenters. The van der Waals surface area contributed by atoms with E-state index in [0.717, 1.165) is 37.6 Å². The molecule has 1 heterocycles. The molecule has 1 N–H and O–H groups in total. The lowest BCUT2D eigenvalue weighted by Crippen LogP contribution is -2.39. The van der Waals surface area contributed by atoms with Crippen molar-refractivity contribution in [2.75, 3.05) is 33.9 Å². The average Bonchev–Trinajstić information content (AvgIpc) is 3.14. The van der Waals surface area contributed by atoms with Gasteiger partial charge >= 0.3 is 0 Å². The van der Waals surface area contributed by atoms with E-state index in [2.05, 4.69) is 15.2 Å². The van der Waals surface area contributed by atoms with E-state index in [0.29, 0.717) is 18.2 Å². The highest BCUT2D eigenvalue weighted by molar-refractivity contribution is 14.0. The predicted octanol–water partition coefficient (Wildman–Crippen LogP) is 4.28. The van der Waals surface area contributed by atoms with Crippen LogP contribution in [0, 0.1) is 11.7 Å². The van der Waals surface area contributed by atoms with Gasteiger partial charge in [-0.05, 0) is 24.6 Å². The summed E-state index contributed by atoms with van der Waals surface area (Å²) in [5.74, 6) is 1.86. The summed E-state index contributed by atoms with van der Waals surface area (Å²) in [4.78, 5) is 6.64. The van der Waals surface area contributed by atoms with Gasteiger partial charge in [0.2, 0.25) is 0 Å². The first-order valence-corrected chi connectivity index (χ1v) is 9.16. The lowest BCUT2D eigenvalue weighted by molar-refractivity contribution is 0.157. The van der Waals surface area contributed by atoms with Crippen molar-refractivity contribution in [3.63, 3.8) is 0 Å². The number of nitrogens with one attached hydrogen (secondary N) is 1. The second kappa shape index (κ2) is 11.2. The van der Waals surface area contributed by atoms with Gasteiger partial charge < -0.3 is 19.7 Å². The minimum atomic E-state index is -0.377. The summed E-state index contributed by atoms with van der Waals surface area (Å²) < 4.78 is 25.0. The molecule has 3 rings (SSSR count). The Kier molecular flexibility index (Phi) is 8.98. The Bertz CT molecular complexity index is 788. The molecule has 0 radical (unpaired) electrons. The molecule has 1 aliphatic heterocycles. The van der Waals surface area contributed by atoms with E-state index < -0.39 is 0 Å². The van der Waals surface area contributed by atoms with Crippen LogP contribution in [-0.2, 0) is 11.3 Å². The van der Waals surface area contributed by atoms with Crippen LogP contribution < -0.4 is 10.1 Å². The molecule has 0 spiro atoms. The highest BCUT2D eigenvalue weighted by Gasteiger charge is 2.24. The number of rotatable bonds is 6. The zero-order chi connectivity index (χ0) is 19.1. The van der Waals surface area contributed by atoms with E-state index in [-0.39, 0.29) is 35.5 Å². The van der Waals surface area contributed by atoms with Crippen LogP contribution in [0.5, 0.6) is 11.5 Å². The van der Waals surface area contributed by atoms with E-state index in [4.69, 9.17) is 9.47 Å². The molecule has 0 amide bonds. The number of guanidine groups is 1. The zero-order valence-electron chi connectivity index (χ0n) is 16.2. The van der Waals surface area contributed by atoms with E-state index in [1.165, 1.54) is 6.07 Å². The fourth-order valence-electron chi connectivity index (χ4n) is 3.30. The van der Waals surface area contributed by atoms with Gasteiger partial charge in [0, 0.05) is 45.3 Å². The molecule has 0 saturated carbocycles. The zero-order valence-corrected chi connectivity index (χ0v) is 18.6. The van der Waals surface area contributed by atoms with E-state index in [1.54, 1.807) is 32.4 Å². The van der Waals surface area contributed by atoms with Gasteiger partial charge in [0.15, 0.2) is 17.5 Å². The molecule has 2 aromatic rings.